The third-order valence-corrected chi connectivity index (χ3v) is 4.45. The van der Waals surface area contributed by atoms with Crippen LogP contribution in [-0.2, 0) is 12.8 Å². The minimum atomic E-state index is -0.672. The van der Waals surface area contributed by atoms with E-state index in [9.17, 15) is 40.5 Å². The Morgan fingerprint density at radius 3 is 0.967 bits per heavy atom. The molecule has 0 unspecified atom stereocenters. The van der Waals surface area contributed by atoms with E-state index in [-0.39, 0.29) is 22.7 Å². The lowest BCUT2D eigenvalue weighted by Gasteiger charge is -2.04. The van der Waals surface area contributed by atoms with Gasteiger partial charge in [-0.1, -0.05) is 12.8 Å². The van der Waals surface area contributed by atoms with Crippen molar-refractivity contribution in [2.45, 2.75) is 38.5 Å². The molecule has 0 saturated carbocycles. The summed E-state index contributed by atoms with van der Waals surface area (Å²) >= 11 is 0. The van der Waals surface area contributed by atoms with Gasteiger partial charge >= 0.3 is 0 Å². The van der Waals surface area contributed by atoms with E-state index < -0.39 is 19.7 Å². The van der Waals surface area contributed by atoms with E-state index in [2.05, 4.69) is 0 Å². The zero-order chi connectivity index (χ0) is 22.3. The van der Waals surface area contributed by atoms with Gasteiger partial charge in [0, 0.05) is 24.3 Å². The number of rotatable bonds is 11. The molecule has 0 aromatic heterocycles. The van der Waals surface area contributed by atoms with Gasteiger partial charge in [0.05, 0.1) is 31.8 Å². The van der Waals surface area contributed by atoms with Crippen LogP contribution in [0.15, 0.2) is 36.4 Å². The Bertz CT molecular complexity index is 848. The molecule has 0 aliphatic heterocycles. The lowest BCUT2D eigenvalue weighted by atomic mass is 10.0. The summed E-state index contributed by atoms with van der Waals surface area (Å²) < 4.78 is 0. The normalized spacial score (nSPS) is 10.5. The first-order chi connectivity index (χ1) is 14.2. The Kier molecular flexibility index (Phi) is 7.44. The van der Waals surface area contributed by atoms with E-state index in [1.54, 1.807) is 0 Å². The molecular weight excluding hydrogens is 400 g/mol. The monoisotopic (exact) mass is 418 g/mol. The van der Waals surface area contributed by atoms with Crippen molar-refractivity contribution < 1.29 is 19.7 Å². The highest BCUT2D eigenvalue weighted by molar-refractivity contribution is 5.47. The minimum Gasteiger partial charge on any atom is -0.258 e. The van der Waals surface area contributed by atoms with Gasteiger partial charge in [0.2, 0.25) is 0 Å². The highest BCUT2D eigenvalue weighted by Gasteiger charge is 2.17. The predicted octanol–water partition coefficient (Wildman–Crippen LogP) is 4.67. The number of nitro groups is 4. The van der Waals surface area contributed by atoms with E-state index in [1.165, 1.54) is 24.3 Å². The summed E-state index contributed by atoms with van der Waals surface area (Å²) in [6, 6.07) is 7.10. The Morgan fingerprint density at radius 2 is 0.733 bits per heavy atom. The number of hydrogen-bond acceptors (Lipinski definition) is 8. The van der Waals surface area contributed by atoms with Crippen molar-refractivity contribution in [3.05, 3.63) is 88.0 Å². The summed E-state index contributed by atoms with van der Waals surface area (Å²) in [6.45, 7) is 0. The molecule has 0 aliphatic rings. The number of aryl methyl sites for hydroxylation is 2. The van der Waals surface area contributed by atoms with Crippen molar-refractivity contribution in [1.29, 1.82) is 0 Å². The third-order valence-electron chi connectivity index (χ3n) is 4.45. The van der Waals surface area contributed by atoms with Gasteiger partial charge in [-0.3, -0.25) is 40.5 Å². The van der Waals surface area contributed by atoms with Gasteiger partial charge < -0.3 is 0 Å². The third kappa shape index (κ3) is 6.29. The first-order valence-electron chi connectivity index (χ1n) is 9.03. The molecule has 2 aromatic rings. The second-order valence-corrected chi connectivity index (χ2v) is 6.66. The molecule has 0 aliphatic carbocycles. The van der Waals surface area contributed by atoms with Crippen molar-refractivity contribution >= 4 is 22.7 Å². The standard InChI is InChI=1S/C18H18N4O8/c23-19(24)15-7-13(8-16(11-15)20(25)26)5-3-1-2-4-6-14-9-17(21(27)28)12-18(10-14)22(29)30/h7-12H,1-6H2. The largest absolute Gasteiger partial charge is 0.276 e. The quantitative estimate of drug-likeness (QED) is 0.287. The summed E-state index contributed by atoms with van der Waals surface area (Å²) in [7, 11) is 0. The molecule has 30 heavy (non-hydrogen) atoms. The highest BCUT2D eigenvalue weighted by Crippen LogP contribution is 2.25. The molecule has 0 spiro atoms. The van der Waals surface area contributed by atoms with E-state index in [4.69, 9.17) is 0 Å². The average Bonchev–Trinajstić information content (AvgIpc) is 2.69. The van der Waals surface area contributed by atoms with Crippen LogP contribution in [0.3, 0.4) is 0 Å². The van der Waals surface area contributed by atoms with Crippen molar-refractivity contribution in [2.24, 2.45) is 0 Å². The topological polar surface area (TPSA) is 173 Å². The van der Waals surface area contributed by atoms with Gasteiger partial charge in [0.1, 0.15) is 0 Å². The second kappa shape index (κ2) is 10.0. The molecule has 0 bridgehead atoms. The van der Waals surface area contributed by atoms with Gasteiger partial charge in [-0.05, 0) is 36.8 Å². The van der Waals surface area contributed by atoms with E-state index >= 15 is 0 Å². The highest BCUT2D eigenvalue weighted by atomic mass is 16.6. The minimum absolute atomic E-state index is 0.327. The fourth-order valence-corrected chi connectivity index (χ4v) is 3.03. The number of nitrogens with zero attached hydrogens (tertiary/aromatic N) is 4. The summed E-state index contributed by atoms with van der Waals surface area (Å²) in [5, 5.41) is 43.6. The van der Waals surface area contributed by atoms with Gasteiger partial charge in [-0.25, -0.2) is 0 Å². The van der Waals surface area contributed by atoms with Crippen LogP contribution in [0.25, 0.3) is 0 Å². The summed E-state index contributed by atoms with van der Waals surface area (Å²) in [6.07, 6.45) is 3.62. The number of nitro benzene ring substituents is 4. The number of benzene rings is 2. The lowest BCUT2D eigenvalue weighted by Crippen LogP contribution is -1.97. The molecule has 2 rings (SSSR count). The van der Waals surface area contributed by atoms with Crippen molar-refractivity contribution in [1.82, 2.24) is 0 Å². The van der Waals surface area contributed by atoms with Crippen LogP contribution >= 0.6 is 0 Å². The first kappa shape index (κ1) is 22.3. The molecule has 0 fully saturated rings. The maximum atomic E-state index is 10.9. The smallest absolute Gasteiger partial charge is 0.258 e. The van der Waals surface area contributed by atoms with E-state index in [0.717, 1.165) is 25.0 Å². The van der Waals surface area contributed by atoms with Gasteiger partial charge in [0.15, 0.2) is 0 Å². The van der Waals surface area contributed by atoms with Gasteiger partial charge in [0.25, 0.3) is 22.7 Å². The fraction of sp³-hybridized carbons (Fsp3) is 0.333. The molecule has 12 nitrogen and oxygen atoms in total. The van der Waals surface area contributed by atoms with Crippen molar-refractivity contribution in [3.63, 3.8) is 0 Å². The second-order valence-electron chi connectivity index (χ2n) is 6.66. The van der Waals surface area contributed by atoms with Gasteiger partial charge in [-0.15, -0.1) is 0 Å². The molecule has 158 valence electrons. The SMILES string of the molecule is O=[N+]([O-])c1cc(CCCCCCc2cc([N+](=O)[O-])cc([N+](=O)[O-])c2)cc([N+](=O)[O-])c1. The molecule has 0 amide bonds. The Hall–Kier alpha value is -3.96. The summed E-state index contributed by atoms with van der Waals surface area (Å²) in [5.74, 6) is 0. The molecule has 0 atom stereocenters. The molecule has 0 radical (unpaired) electrons. The molecule has 0 heterocycles. The van der Waals surface area contributed by atoms with E-state index in [1.807, 2.05) is 0 Å². The zero-order valence-corrected chi connectivity index (χ0v) is 15.8. The maximum Gasteiger partial charge on any atom is 0.276 e. The van der Waals surface area contributed by atoms with E-state index in [0.29, 0.717) is 36.8 Å². The van der Waals surface area contributed by atoms with Crippen LogP contribution in [0.2, 0.25) is 0 Å². The van der Waals surface area contributed by atoms with Crippen LogP contribution in [0.4, 0.5) is 22.7 Å². The fourth-order valence-electron chi connectivity index (χ4n) is 3.03. The first-order valence-corrected chi connectivity index (χ1v) is 9.03. The number of non-ortho nitro benzene ring substituents is 4. The zero-order valence-electron chi connectivity index (χ0n) is 15.8. The van der Waals surface area contributed by atoms with Crippen LogP contribution in [0, 0.1) is 40.5 Å². The lowest BCUT2D eigenvalue weighted by molar-refractivity contribution is -0.394. The van der Waals surface area contributed by atoms with Crippen molar-refractivity contribution in [3.8, 4) is 0 Å². The maximum absolute atomic E-state index is 10.9. The van der Waals surface area contributed by atoms with Crippen LogP contribution in [0.1, 0.15) is 36.8 Å². The predicted molar refractivity (Wildman–Crippen MR) is 105 cm³/mol. The molecule has 12 heteroatoms. The van der Waals surface area contributed by atoms with Crippen LogP contribution < -0.4 is 0 Å². The Labute approximate surface area is 169 Å². The molecular formula is C18H18N4O8. The number of unbranched alkanes of at least 4 members (excludes halogenated alkanes) is 3. The summed E-state index contributed by atoms with van der Waals surface area (Å²) in [4.78, 5) is 40.9. The summed E-state index contributed by atoms with van der Waals surface area (Å²) in [5.41, 5.74) is -0.300. The molecule has 0 saturated heterocycles. The van der Waals surface area contributed by atoms with Crippen LogP contribution in [-0.4, -0.2) is 19.7 Å². The molecule has 0 N–H and O–H groups in total. The number of hydrogen-bond donors (Lipinski definition) is 0. The molecule has 2 aromatic carbocycles. The average molecular weight is 418 g/mol. The van der Waals surface area contributed by atoms with Crippen LogP contribution in [0.5, 0.6) is 0 Å². The Balaban J connectivity index is 1.88. The van der Waals surface area contributed by atoms with Crippen molar-refractivity contribution in [2.75, 3.05) is 0 Å². The Morgan fingerprint density at radius 1 is 0.467 bits per heavy atom. The van der Waals surface area contributed by atoms with Gasteiger partial charge in [-0.2, -0.15) is 0 Å².